The highest BCUT2D eigenvalue weighted by Gasteiger charge is 2.10. The van der Waals surface area contributed by atoms with Gasteiger partial charge in [0, 0.05) is 0 Å². The zero-order valence-corrected chi connectivity index (χ0v) is 8.71. The van der Waals surface area contributed by atoms with Crippen LogP contribution < -0.4 is 0 Å². The van der Waals surface area contributed by atoms with E-state index in [1.165, 1.54) is 0 Å². The van der Waals surface area contributed by atoms with Crippen LogP contribution in [-0.2, 0) is 16.1 Å². The summed E-state index contributed by atoms with van der Waals surface area (Å²) in [5.74, 6) is -1.92. The standard InChI is InChI=1S/C11H11NO4/c1-2-8-5-3-4-6-9(8)11(15)16-12-7-10(13)14/h3-7H,2H2,1H3,(H,13,14). The molecule has 0 unspecified atom stereocenters. The van der Waals surface area contributed by atoms with Gasteiger partial charge in [0.05, 0.1) is 5.56 Å². The summed E-state index contributed by atoms with van der Waals surface area (Å²) in [6.07, 6.45) is 1.21. The molecule has 5 heteroatoms. The minimum absolute atomic E-state index is 0.396. The highest BCUT2D eigenvalue weighted by molar-refractivity contribution is 6.21. The van der Waals surface area contributed by atoms with Crippen LogP contribution in [0.1, 0.15) is 22.8 Å². The average molecular weight is 221 g/mol. The smallest absolute Gasteiger partial charge is 0.366 e. The van der Waals surface area contributed by atoms with Crippen LogP contribution in [0.15, 0.2) is 29.4 Å². The molecule has 1 rings (SSSR count). The molecular weight excluding hydrogens is 210 g/mol. The maximum atomic E-state index is 11.5. The number of carboxylic acid groups (broad SMARTS) is 1. The first-order chi connectivity index (χ1) is 7.65. The number of hydrogen-bond donors (Lipinski definition) is 1. The van der Waals surface area contributed by atoms with Crippen molar-refractivity contribution in [1.82, 2.24) is 0 Å². The Kier molecular flexibility index (Phi) is 4.20. The van der Waals surface area contributed by atoms with Crippen molar-refractivity contribution in [2.24, 2.45) is 5.16 Å². The van der Waals surface area contributed by atoms with Gasteiger partial charge in [-0.1, -0.05) is 30.3 Å². The van der Waals surface area contributed by atoms with Gasteiger partial charge >= 0.3 is 11.9 Å². The molecule has 0 saturated carbocycles. The van der Waals surface area contributed by atoms with Gasteiger partial charge < -0.3 is 9.94 Å². The van der Waals surface area contributed by atoms with Crippen LogP contribution >= 0.6 is 0 Å². The molecule has 0 aliphatic rings. The predicted octanol–water partition coefficient (Wildman–Crippen LogP) is 1.48. The zero-order valence-electron chi connectivity index (χ0n) is 8.71. The van der Waals surface area contributed by atoms with Gasteiger partial charge in [-0.05, 0) is 18.1 Å². The number of rotatable bonds is 4. The lowest BCUT2D eigenvalue weighted by atomic mass is 10.1. The summed E-state index contributed by atoms with van der Waals surface area (Å²) in [4.78, 5) is 26.0. The lowest BCUT2D eigenvalue weighted by Crippen LogP contribution is -2.06. The van der Waals surface area contributed by atoms with Crippen molar-refractivity contribution in [3.8, 4) is 0 Å². The van der Waals surface area contributed by atoms with Crippen LogP contribution in [0.2, 0.25) is 0 Å². The van der Waals surface area contributed by atoms with Crippen molar-refractivity contribution in [1.29, 1.82) is 0 Å². The van der Waals surface area contributed by atoms with E-state index in [0.717, 1.165) is 5.56 Å². The molecule has 16 heavy (non-hydrogen) atoms. The molecule has 0 spiro atoms. The molecule has 0 atom stereocenters. The summed E-state index contributed by atoms with van der Waals surface area (Å²) in [7, 11) is 0. The Morgan fingerprint density at radius 2 is 2.12 bits per heavy atom. The molecule has 0 aromatic heterocycles. The van der Waals surface area contributed by atoms with E-state index in [-0.39, 0.29) is 0 Å². The third-order valence-corrected chi connectivity index (χ3v) is 1.92. The van der Waals surface area contributed by atoms with Crippen LogP contribution in [0.3, 0.4) is 0 Å². The fraction of sp³-hybridized carbons (Fsp3) is 0.182. The van der Waals surface area contributed by atoms with Gasteiger partial charge in [-0.2, -0.15) is 0 Å². The van der Waals surface area contributed by atoms with Crippen LogP contribution in [-0.4, -0.2) is 23.3 Å². The molecule has 0 bridgehead atoms. The van der Waals surface area contributed by atoms with E-state index in [9.17, 15) is 9.59 Å². The summed E-state index contributed by atoms with van der Waals surface area (Å²) in [5, 5.41) is 11.3. The second-order valence-corrected chi connectivity index (χ2v) is 2.96. The first kappa shape index (κ1) is 11.9. The highest BCUT2D eigenvalue weighted by Crippen LogP contribution is 2.10. The fourth-order valence-corrected chi connectivity index (χ4v) is 1.20. The first-order valence-corrected chi connectivity index (χ1v) is 4.70. The average Bonchev–Trinajstić information content (AvgIpc) is 2.28. The molecular formula is C11H11NO4. The summed E-state index contributed by atoms with van der Waals surface area (Å²) in [5.41, 5.74) is 1.23. The minimum Gasteiger partial charge on any atom is -0.477 e. The summed E-state index contributed by atoms with van der Waals surface area (Å²) in [6, 6.07) is 6.93. The molecule has 0 amide bonds. The fourth-order valence-electron chi connectivity index (χ4n) is 1.20. The van der Waals surface area contributed by atoms with E-state index in [4.69, 9.17) is 5.11 Å². The molecule has 0 heterocycles. The van der Waals surface area contributed by atoms with Crippen LogP contribution in [0, 0.1) is 0 Å². The SMILES string of the molecule is CCc1ccccc1C(=O)ON=CC(=O)O. The molecule has 0 aliphatic carbocycles. The predicted molar refractivity (Wildman–Crippen MR) is 57.4 cm³/mol. The van der Waals surface area contributed by atoms with Gasteiger partial charge in [0.2, 0.25) is 0 Å². The normalized spacial score (nSPS) is 10.3. The van der Waals surface area contributed by atoms with Crippen molar-refractivity contribution in [3.05, 3.63) is 35.4 Å². The number of nitrogens with zero attached hydrogens (tertiary/aromatic N) is 1. The Morgan fingerprint density at radius 3 is 2.75 bits per heavy atom. The molecule has 0 radical (unpaired) electrons. The van der Waals surface area contributed by atoms with E-state index in [1.54, 1.807) is 18.2 Å². The molecule has 0 aliphatic heterocycles. The Morgan fingerprint density at radius 1 is 1.44 bits per heavy atom. The topological polar surface area (TPSA) is 76.0 Å². The lowest BCUT2D eigenvalue weighted by molar-refractivity contribution is -0.128. The van der Waals surface area contributed by atoms with Gasteiger partial charge in [0.15, 0.2) is 6.21 Å². The molecule has 5 nitrogen and oxygen atoms in total. The Balaban J connectivity index is 2.76. The number of benzene rings is 1. The third kappa shape index (κ3) is 3.20. The highest BCUT2D eigenvalue weighted by atomic mass is 16.7. The van der Waals surface area contributed by atoms with Gasteiger partial charge in [-0.25, -0.2) is 9.59 Å². The summed E-state index contributed by atoms with van der Waals surface area (Å²) < 4.78 is 0. The maximum absolute atomic E-state index is 11.5. The van der Waals surface area contributed by atoms with Crippen molar-refractivity contribution in [3.63, 3.8) is 0 Å². The Labute approximate surface area is 92.3 Å². The van der Waals surface area contributed by atoms with E-state index in [2.05, 4.69) is 9.99 Å². The second kappa shape index (κ2) is 5.65. The van der Waals surface area contributed by atoms with Crippen molar-refractivity contribution in [2.75, 3.05) is 0 Å². The number of aryl methyl sites for hydroxylation is 1. The number of aliphatic carboxylic acids is 1. The lowest BCUT2D eigenvalue weighted by Gasteiger charge is -2.03. The zero-order chi connectivity index (χ0) is 12.0. The van der Waals surface area contributed by atoms with Gasteiger partial charge in [0.1, 0.15) is 0 Å². The van der Waals surface area contributed by atoms with Gasteiger partial charge in [-0.3, -0.25) is 0 Å². The van der Waals surface area contributed by atoms with Crippen molar-refractivity contribution in [2.45, 2.75) is 13.3 Å². The molecule has 1 aromatic carbocycles. The van der Waals surface area contributed by atoms with E-state index >= 15 is 0 Å². The van der Waals surface area contributed by atoms with Crippen molar-refractivity contribution < 1.29 is 19.5 Å². The van der Waals surface area contributed by atoms with E-state index < -0.39 is 11.9 Å². The second-order valence-electron chi connectivity index (χ2n) is 2.96. The number of oxime groups is 1. The molecule has 84 valence electrons. The summed E-state index contributed by atoms with van der Waals surface area (Å²) in [6.45, 7) is 1.91. The minimum atomic E-state index is -1.27. The molecule has 0 fully saturated rings. The van der Waals surface area contributed by atoms with Crippen LogP contribution in [0.25, 0.3) is 0 Å². The Hall–Kier alpha value is -2.17. The third-order valence-electron chi connectivity index (χ3n) is 1.92. The molecule has 1 N–H and O–H groups in total. The van der Waals surface area contributed by atoms with Crippen molar-refractivity contribution >= 4 is 18.2 Å². The molecule has 1 aromatic rings. The number of carbonyl (C=O) groups excluding carboxylic acids is 1. The monoisotopic (exact) mass is 221 g/mol. The van der Waals surface area contributed by atoms with Gasteiger partial charge in [-0.15, -0.1) is 0 Å². The quantitative estimate of drug-likeness (QED) is 0.474. The largest absolute Gasteiger partial charge is 0.477 e. The maximum Gasteiger partial charge on any atom is 0.366 e. The Bertz CT molecular complexity index is 426. The van der Waals surface area contributed by atoms with Crippen LogP contribution in [0.5, 0.6) is 0 Å². The van der Waals surface area contributed by atoms with Crippen LogP contribution in [0.4, 0.5) is 0 Å². The van der Waals surface area contributed by atoms with E-state index in [0.29, 0.717) is 18.2 Å². The molecule has 0 saturated heterocycles. The van der Waals surface area contributed by atoms with Gasteiger partial charge in [0.25, 0.3) is 0 Å². The number of hydrogen-bond acceptors (Lipinski definition) is 4. The summed E-state index contributed by atoms with van der Waals surface area (Å²) >= 11 is 0. The van der Waals surface area contributed by atoms with E-state index in [1.807, 2.05) is 13.0 Å². The number of carboxylic acids is 1. The first-order valence-electron chi connectivity index (χ1n) is 4.70. The number of carbonyl (C=O) groups is 2.